The number of halogens is 3. The summed E-state index contributed by atoms with van der Waals surface area (Å²) in [4.78, 5) is 1.72. The van der Waals surface area contributed by atoms with Gasteiger partial charge in [-0.3, -0.25) is 4.57 Å². The van der Waals surface area contributed by atoms with E-state index in [4.69, 9.17) is 34.1 Å². The molecule has 0 atom stereocenters. The minimum absolute atomic E-state index is 0.190. The average molecular weight is 347 g/mol. The van der Waals surface area contributed by atoms with Crippen LogP contribution in [0.25, 0.3) is 0 Å². The maximum atomic E-state index is 11.5. The Labute approximate surface area is 132 Å². The predicted molar refractivity (Wildman–Crippen MR) is 88.3 cm³/mol. The van der Waals surface area contributed by atoms with E-state index in [0.29, 0.717) is 0 Å². The third-order valence-electron chi connectivity index (χ3n) is 2.50. The fourth-order valence-corrected chi connectivity index (χ4v) is 3.56. The zero-order valence-electron chi connectivity index (χ0n) is 10.3. The SMILES string of the molecule is O=P(Cl)(Cl)C=C(Cl)N(c1ccccc1)c1ccccc1. The second-order valence-electron chi connectivity index (χ2n) is 3.96. The Morgan fingerprint density at radius 3 is 1.65 bits per heavy atom. The summed E-state index contributed by atoms with van der Waals surface area (Å²) in [5, 5.41) is 0.190. The standard InChI is InChI=1S/C14H11Cl3NOP/c15-14(11-20(16,17)19)18(12-7-3-1-4-8-12)13-9-5-2-6-10-13/h1-11H. The van der Waals surface area contributed by atoms with Crippen molar-refractivity contribution in [2.45, 2.75) is 0 Å². The Hall–Kier alpha value is -0.920. The normalized spacial score (nSPS) is 12.2. The number of hydrogen-bond acceptors (Lipinski definition) is 2. The van der Waals surface area contributed by atoms with Crippen LogP contribution in [-0.4, -0.2) is 0 Å². The van der Waals surface area contributed by atoms with E-state index in [9.17, 15) is 4.57 Å². The summed E-state index contributed by atoms with van der Waals surface area (Å²) < 4.78 is 11.5. The fraction of sp³-hybridized carbons (Fsp3) is 0. The fourth-order valence-electron chi connectivity index (χ4n) is 1.73. The predicted octanol–water partition coefficient (Wildman–Crippen LogP) is 6.53. The number of anilines is 2. The molecule has 0 fully saturated rings. The summed E-state index contributed by atoms with van der Waals surface area (Å²) in [6.07, 6.45) is 0. The molecule has 0 amide bonds. The highest BCUT2D eigenvalue weighted by atomic mass is 35.9. The summed E-state index contributed by atoms with van der Waals surface area (Å²) in [5.41, 5.74) is 1.64. The van der Waals surface area contributed by atoms with Gasteiger partial charge in [-0.25, -0.2) is 0 Å². The van der Waals surface area contributed by atoms with Gasteiger partial charge in [0.05, 0.1) is 0 Å². The average Bonchev–Trinajstić information content (AvgIpc) is 2.39. The van der Waals surface area contributed by atoms with Crippen molar-refractivity contribution < 1.29 is 4.57 Å². The molecule has 2 nitrogen and oxygen atoms in total. The first-order valence-electron chi connectivity index (χ1n) is 5.75. The van der Waals surface area contributed by atoms with E-state index in [2.05, 4.69) is 0 Å². The third kappa shape index (κ3) is 4.29. The van der Waals surface area contributed by atoms with Crippen LogP contribution in [0.4, 0.5) is 11.4 Å². The highest BCUT2D eigenvalue weighted by Gasteiger charge is 2.17. The molecule has 0 heterocycles. The van der Waals surface area contributed by atoms with Gasteiger partial charge in [-0.15, -0.1) is 0 Å². The Morgan fingerprint density at radius 2 is 1.30 bits per heavy atom. The number of para-hydroxylation sites is 2. The van der Waals surface area contributed by atoms with Crippen LogP contribution in [0.5, 0.6) is 0 Å². The lowest BCUT2D eigenvalue weighted by Gasteiger charge is -2.24. The van der Waals surface area contributed by atoms with E-state index >= 15 is 0 Å². The molecule has 0 spiro atoms. The molecule has 0 aliphatic rings. The van der Waals surface area contributed by atoms with E-state index < -0.39 is 5.85 Å². The van der Waals surface area contributed by atoms with Crippen molar-refractivity contribution >= 4 is 51.3 Å². The molecule has 2 aromatic rings. The molecule has 0 unspecified atom stereocenters. The van der Waals surface area contributed by atoms with Crippen LogP contribution >= 0.6 is 39.9 Å². The maximum absolute atomic E-state index is 11.5. The van der Waals surface area contributed by atoms with Gasteiger partial charge in [0, 0.05) is 17.2 Å². The molecule has 104 valence electrons. The molecule has 0 aromatic heterocycles. The van der Waals surface area contributed by atoms with Crippen LogP contribution in [0.1, 0.15) is 0 Å². The van der Waals surface area contributed by atoms with Crippen LogP contribution in [0.15, 0.2) is 71.6 Å². The molecule has 20 heavy (non-hydrogen) atoms. The van der Waals surface area contributed by atoms with Gasteiger partial charge < -0.3 is 4.90 Å². The molecule has 2 aromatic carbocycles. The van der Waals surface area contributed by atoms with E-state index in [1.54, 1.807) is 4.90 Å². The Morgan fingerprint density at radius 1 is 0.900 bits per heavy atom. The second kappa shape index (κ2) is 6.69. The molecule has 0 saturated carbocycles. The first-order valence-corrected chi connectivity index (χ1v) is 9.71. The van der Waals surface area contributed by atoms with E-state index in [1.807, 2.05) is 60.7 Å². The molecular weight excluding hydrogens is 335 g/mol. The van der Waals surface area contributed by atoms with Crippen LogP contribution < -0.4 is 4.90 Å². The minimum atomic E-state index is -3.41. The van der Waals surface area contributed by atoms with Crippen molar-refractivity contribution in [1.29, 1.82) is 0 Å². The van der Waals surface area contributed by atoms with Crippen LogP contribution in [0, 0.1) is 0 Å². The first-order chi connectivity index (χ1) is 9.47. The Balaban J connectivity index is 2.51. The molecular formula is C14H11Cl3NOP. The molecule has 0 bridgehead atoms. The van der Waals surface area contributed by atoms with Crippen molar-refractivity contribution in [1.82, 2.24) is 0 Å². The van der Waals surface area contributed by atoms with Gasteiger partial charge in [0.2, 0.25) is 0 Å². The Kier molecular flexibility index (Phi) is 5.17. The summed E-state index contributed by atoms with van der Waals surface area (Å²) >= 11 is 17.4. The van der Waals surface area contributed by atoms with Gasteiger partial charge in [-0.05, 0) is 46.7 Å². The van der Waals surface area contributed by atoms with E-state index in [1.165, 1.54) is 0 Å². The first kappa shape index (κ1) is 15.5. The zero-order valence-corrected chi connectivity index (χ0v) is 13.4. The highest BCUT2D eigenvalue weighted by molar-refractivity contribution is 8.10. The molecule has 0 aliphatic carbocycles. The maximum Gasteiger partial charge on any atom is 0.277 e. The largest absolute Gasteiger partial charge is 0.301 e. The summed E-state index contributed by atoms with van der Waals surface area (Å²) in [6, 6.07) is 18.9. The van der Waals surface area contributed by atoms with Gasteiger partial charge in [0.25, 0.3) is 5.85 Å². The topological polar surface area (TPSA) is 20.3 Å². The smallest absolute Gasteiger partial charge is 0.277 e. The zero-order chi connectivity index (χ0) is 14.6. The third-order valence-corrected chi connectivity index (χ3v) is 4.06. The van der Waals surface area contributed by atoms with Crippen molar-refractivity contribution in [3.8, 4) is 0 Å². The van der Waals surface area contributed by atoms with Gasteiger partial charge >= 0.3 is 0 Å². The van der Waals surface area contributed by atoms with E-state index in [-0.39, 0.29) is 5.16 Å². The van der Waals surface area contributed by atoms with Gasteiger partial charge in [0.15, 0.2) is 0 Å². The van der Waals surface area contributed by atoms with Gasteiger partial charge in [-0.2, -0.15) is 0 Å². The number of benzene rings is 2. The summed E-state index contributed by atoms with van der Waals surface area (Å²) in [5.74, 6) is -2.24. The number of hydrogen-bond donors (Lipinski definition) is 0. The van der Waals surface area contributed by atoms with Crippen LogP contribution in [0.2, 0.25) is 0 Å². The van der Waals surface area contributed by atoms with Crippen LogP contribution in [0.3, 0.4) is 0 Å². The summed E-state index contributed by atoms with van der Waals surface area (Å²) in [6.45, 7) is 0. The van der Waals surface area contributed by atoms with Gasteiger partial charge in [-0.1, -0.05) is 48.0 Å². The minimum Gasteiger partial charge on any atom is -0.301 e. The van der Waals surface area contributed by atoms with Gasteiger partial charge in [0.1, 0.15) is 5.16 Å². The monoisotopic (exact) mass is 345 g/mol. The highest BCUT2D eigenvalue weighted by Crippen LogP contribution is 2.59. The van der Waals surface area contributed by atoms with Crippen molar-refractivity contribution in [3.63, 3.8) is 0 Å². The quantitative estimate of drug-likeness (QED) is 0.463. The Bertz CT molecular complexity index is 600. The second-order valence-corrected chi connectivity index (χ2v) is 9.14. The lowest BCUT2D eigenvalue weighted by Crippen LogP contribution is -2.12. The van der Waals surface area contributed by atoms with E-state index in [0.717, 1.165) is 17.2 Å². The summed E-state index contributed by atoms with van der Waals surface area (Å²) in [7, 11) is 0. The molecule has 0 N–H and O–H groups in total. The lowest BCUT2D eigenvalue weighted by molar-refractivity contribution is 0.597. The number of rotatable bonds is 4. The van der Waals surface area contributed by atoms with Crippen molar-refractivity contribution in [2.24, 2.45) is 0 Å². The molecule has 0 saturated heterocycles. The molecule has 0 aliphatic heterocycles. The lowest BCUT2D eigenvalue weighted by atomic mass is 10.2. The molecule has 2 rings (SSSR count). The van der Waals surface area contributed by atoms with Crippen molar-refractivity contribution in [3.05, 3.63) is 71.6 Å². The molecule has 6 heteroatoms. The molecule has 0 radical (unpaired) electrons. The van der Waals surface area contributed by atoms with Crippen molar-refractivity contribution in [2.75, 3.05) is 4.90 Å². The number of nitrogens with zero attached hydrogens (tertiary/aromatic N) is 1. The van der Waals surface area contributed by atoms with Crippen LogP contribution in [-0.2, 0) is 4.57 Å².